The fraction of sp³-hybridized carbons (Fsp3) is 0.357. The van der Waals surface area contributed by atoms with Gasteiger partial charge in [0, 0.05) is 17.8 Å². The van der Waals surface area contributed by atoms with Gasteiger partial charge < -0.3 is 9.84 Å². The summed E-state index contributed by atoms with van der Waals surface area (Å²) in [5, 5.41) is 15.0. The lowest BCUT2D eigenvalue weighted by molar-refractivity contribution is -0.115. The van der Waals surface area contributed by atoms with Gasteiger partial charge in [0.05, 0.1) is 5.25 Å². The van der Waals surface area contributed by atoms with Crippen molar-refractivity contribution in [1.29, 1.82) is 0 Å². The number of hydrogen-bond donors (Lipinski definition) is 1. The van der Waals surface area contributed by atoms with Crippen LogP contribution in [0.15, 0.2) is 21.8 Å². The van der Waals surface area contributed by atoms with Crippen molar-refractivity contribution in [2.75, 3.05) is 5.32 Å². The van der Waals surface area contributed by atoms with Gasteiger partial charge in [-0.15, -0.1) is 10.2 Å². The van der Waals surface area contributed by atoms with Crippen molar-refractivity contribution in [1.82, 2.24) is 24.7 Å². The molecule has 0 aliphatic heterocycles. The summed E-state index contributed by atoms with van der Waals surface area (Å²) in [6.45, 7) is 7.35. The zero-order valence-corrected chi connectivity index (χ0v) is 14.0. The quantitative estimate of drug-likeness (QED) is 0.731. The lowest BCUT2D eigenvalue weighted by Gasteiger charge is -2.09. The minimum Gasteiger partial charge on any atom is -0.360 e. The molecule has 23 heavy (non-hydrogen) atoms. The van der Waals surface area contributed by atoms with Crippen LogP contribution in [0.2, 0.25) is 0 Å². The number of carbonyl (C=O) groups excluding carboxylic acids is 1. The number of carbonyl (C=O) groups is 1. The fourth-order valence-electron chi connectivity index (χ4n) is 2.14. The molecule has 120 valence electrons. The van der Waals surface area contributed by atoms with Crippen LogP contribution in [0.4, 0.5) is 5.82 Å². The Hall–Kier alpha value is -2.42. The van der Waals surface area contributed by atoms with Crippen LogP contribution in [0.25, 0.3) is 5.65 Å². The minimum atomic E-state index is -0.375. The van der Waals surface area contributed by atoms with Crippen molar-refractivity contribution in [3.05, 3.63) is 29.4 Å². The Labute approximate surface area is 136 Å². The highest BCUT2D eigenvalue weighted by atomic mass is 32.2. The number of thioether (sulfide) groups is 1. The second-order valence-electron chi connectivity index (χ2n) is 5.19. The third-order valence-corrected chi connectivity index (χ3v) is 4.23. The number of hydrogen-bond acceptors (Lipinski definition) is 7. The van der Waals surface area contributed by atoms with Crippen LogP contribution in [-0.2, 0) is 4.79 Å². The molecule has 9 heteroatoms. The van der Waals surface area contributed by atoms with Crippen LogP contribution in [0.1, 0.15) is 24.2 Å². The first-order valence-corrected chi connectivity index (χ1v) is 7.92. The van der Waals surface area contributed by atoms with Gasteiger partial charge in [-0.1, -0.05) is 16.9 Å². The van der Waals surface area contributed by atoms with Gasteiger partial charge in [0.15, 0.2) is 16.6 Å². The molecule has 0 aliphatic rings. The molecule has 0 spiro atoms. The molecule has 3 aromatic heterocycles. The first-order valence-electron chi connectivity index (χ1n) is 7.04. The Morgan fingerprint density at radius 1 is 1.30 bits per heavy atom. The summed E-state index contributed by atoms with van der Waals surface area (Å²) in [6, 6.07) is 3.52. The highest BCUT2D eigenvalue weighted by molar-refractivity contribution is 8.00. The van der Waals surface area contributed by atoms with E-state index >= 15 is 0 Å². The normalized spacial score (nSPS) is 12.5. The lowest BCUT2D eigenvalue weighted by atomic mass is 10.4. The van der Waals surface area contributed by atoms with Gasteiger partial charge in [-0.2, -0.15) is 0 Å². The van der Waals surface area contributed by atoms with Gasteiger partial charge in [-0.25, -0.2) is 4.98 Å². The first kappa shape index (κ1) is 15.5. The molecule has 1 atom stereocenters. The molecule has 0 bridgehead atoms. The zero-order valence-electron chi connectivity index (χ0n) is 13.2. The Balaban J connectivity index is 1.77. The van der Waals surface area contributed by atoms with Gasteiger partial charge >= 0.3 is 0 Å². The number of amides is 1. The van der Waals surface area contributed by atoms with E-state index in [4.69, 9.17) is 4.52 Å². The summed E-state index contributed by atoms with van der Waals surface area (Å²) in [5.74, 6) is 1.64. The predicted molar refractivity (Wildman–Crippen MR) is 85.4 cm³/mol. The van der Waals surface area contributed by atoms with Crippen LogP contribution >= 0.6 is 11.8 Å². The number of rotatable bonds is 4. The molecular formula is C14H16N6O2S. The van der Waals surface area contributed by atoms with E-state index < -0.39 is 0 Å². The maximum atomic E-state index is 12.2. The Bertz CT molecular complexity index is 871. The largest absolute Gasteiger partial charge is 0.360 e. The zero-order chi connectivity index (χ0) is 16.6. The monoisotopic (exact) mass is 332 g/mol. The van der Waals surface area contributed by atoms with Crippen molar-refractivity contribution in [2.24, 2.45) is 0 Å². The fourth-order valence-corrected chi connectivity index (χ4v) is 3.05. The topological polar surface area (TPSA) is 98.2 Å². The van der Waals surface area contributed by atoms with Crippen LogP contribution in [-0.4, -0.2) is 35.9 Å². The molecule has 0 unspecified atom stereocenters. The molecule has 0 saturated heterocycles. The van der Waals surface area contributed by atoms with Gasteiger partial charge in [0.1, 0.15) is 11.6 Å². The number of fused-ring (bicyclic) bond motifs is 1. The molecule has 8 nitrogen and oxygen atoms in total. The molecule has 1 N–H and O–H groups in total. The maximum Gasteiger partial charge on any atom is 0.238 e. The first-order chi connectivity index (χ1) is 10.9. The van der Waals surface area contributed by atoms with Crippen LogP contribution in [0.3, 0.4) is 0 Å². The summed E-state index contributed by atoms with van der Waals surface area (Å²) >= 11 is 1.31. The molecule has 0 aromatic carbocycles. The highest BCUT2D eigenvalue weighted by Crippen LogP contribution is 2.24. The molecule has 3 rings (SSSR count). The van der Waals surface area contributed by atoms with E-state index in [1.807, 2.05) is 24.3 Å². The van der Waals surface area contributed by atoms with Gasteiger partial charge in [-0.3, -0.25) is 9.20 Å². The number of nitrogens with zero attached hydrogens (tertiary/aromatic N) is 5. The molecule has 3 aromatic rings. The minimum absolute atomic E-state index is 0.183. The SMILES string of the molecule is Cc1cc2nnc(S[C@@H](C)C(=O)Nc3cc(C)on3)n2c(C)n1. The van der Waals surface area contributed by atoms with Crippen LogP contribution in [0.5, 0.6) is 0 Å². The summed E-state index contributed by atoms with van der Waals surface area (Å²) in [7, 11) is 0. The molecule has 0 saturated carbocycles. The molecule has 0 radical (unpaired) electrons. The number of aromatic nitrogens is 5. The molecule has 0 fully saturated rings. The summed E-state index contributed by atoms with van der Waals surface area (Å²) in [6.07, 6.45) is 0. The van der Waals surface area contributed by atoms with Gasteiger partial charge in [0.25, 0.3) is 0 Å². The van der Waals surface area contributed by atoms with Crippen molar-refractivity contribution < 1.29 is 9.32 Å². The third kappa shape index (κ3) is 3.19. The standard InChI is InChI=1S/C14H16N6O2S/c1-7-5-12-17-18-14(20(12)10(4)15-7)23-9(3)13(21)16-11-6-8(2)22-19-11/h5-6,9H,1-4H3,(H,16,19,21)/t9-/m0/s1. The Kier molecular flexibility index (Phi) is 4.03. The van der Waals surface area contributed by atoms with E-state index in [1.165, 1.54) is 11.8 Å². The summed E-state index contributed by atoms with van der Waals surface area (Å²) in [4.78, 5) is 16.6. The smallest absolute Gasteiger partial charge is 0.238 e. The average molecular weight is 332 g/mol. The van der Waals surface area contributed by atoms with E-state index in [2.05, 4.69) is 25.7 Å². The molecular weight excluding hydrogens is 316 g/mol. The van der Waals surface area contributed by atoms with Crippen molar-refractivity contribution in [3.8, 4) is 0 Å². The van der Waals surface area contributed by atoms with E-state index in [0.29, 0.717) is 16.7 Å². The Morgan fingerprint density at radius 3 is 2.78 bits per heavy atom. The summed E-state index contributed by atoms with van der Waals surface area (Å²) < 4.78 is 6.76. The predicted octanol–water partition coefficient (Wildman–Crippen LogP) is 2.16. The highest BCUT2D eigenvalue weighted by Gasteiger charge is 2.20. The number of aryl methyl sites for hydroxylation is 3. The number of anilines is 1. The van der Waals surface area contributed by atoms with E-state index in [-0.39, 0.29) is 11.2 Å². The van der Waals surface area contributed by atoms with Gasteiger partial charge in [-0.05, 0) is 27.7 Å². The average Bonchev–Trinajstić information content (AvgIpc) is 3.05. The van der Waals surface area contributed by atoms with Crippen molar-refractivity contribution in [2.45, 2.75) is 38.1 Å². The van der Waals surface area contributed by atoms with Crippen molar-refractivity contribution >= 4 is 29.1 Å². The number of nitrogens with one attached hydrogen (secondary N) is 1. The lowest BCUT2D eigenvalue weighted by Crippen LogP contribution is -2.23. The Morgan fingerprint density at radius 2 is 2.09 bits per heavy atom. The molecule has 0 aliphatic carbocycles. The van der Waals surface area contributed by atoms with E-state index in [1.54, 1.807) is 19.9 Å². The third-order valence-electron chi connectivity index (χ3n) is 3.19. The van der Waals surface area contributed by atoms with E-state index in [9.17, 15) is 4.79 Å². The van der Waals surface area contributed by atoms with Crippen LogP contribution in [0, 0.1) is 20.8 Å². The second-order valence-corrected chi connectivity index (χ2v) is 6.50. The molecule has 1 amide bonds. The molecule has 3 heterocycles. The maximum absolute atomic E-state index is 12.2. The van der Waals surface area contributed by atoms with Gasteiger partial charge in [0.2, 0.25) is 5.91 Å². The van der Waals surface area contributed by atoms with Crippen LogP contribution < -0.4 is 5.32 Å². The summed E-state index contributed by atoms with van der Waals surface area (Å²) in [5.41, 5.74) is 1.60. The van der Waals surface area contributed by atoms with Crippen molar-refractivity contribution in [3.63, 3.8) is 0 Å². The van der Waals surface area contributed by atoms with E-state index in [0.717, 1.165) is 17.2 Å². The second kappa shape index (κ2) is 5.99.